The molecule has 2 rings (SSSR count). The molecule has 0 radical (unpaired) electrons. The monoisotopic (exact) mass is 457 g/mol. The van der Waals surface area contributed by atoms with Crippen LogP contribution < -0.4 is 14.8 Å². The molecule has 150 valence electrons. The van der Waals surface area contributed by atoms with Gasteiger partial charge in [-0.25, -0.2) is 13.6 Å². The molecule has 6 nitrogen and oxygen atoms in total. The molecular weight excluding hydrogens is 440 g/mol. The highest BCUT2D eigenvalue weighted by molar-refractivity contribution is 9.10. The number of esters is 1. The number of benzene rings is 2. The highest BCUT2D eigenvalue weighted by atomic mass is 79.9. The molecule has 0 saturated carbocycles. The zero-order chi connectivity index (χ0) is 20.8. The van der Waals surface area contributed by atoms with E-state index in [0.29, 0.717) is 28.6 Å². The van der Waals surface area contributed by atoms with Gasteiger partial charge in [0.1, 0.15) is 11.6 Å². The second-order valence-corrected chi connectivity index (χ2v) is 6.45. The van der Waals surface area contributed by atoms with E-state index in [1.807, 2.05) is 6.92 Å². The SMILES string of the molecule is CCCOc1c(Br)cc(C(=O)Nc2cc(C(=O)OC)c(F)cc2F)cc1OC. The van der Waals surface area contributed by atoms with Crippen LogP contribution in [-0.4, -0.2) is 32.7 Å². The van der Waals surface area contributed by atoms with E-state index in [9.17, 15) is 18.4 Å². The molecule has 1 N–H and O–H groups in total. The lowest BCUT2D eigenvalue weighted by atomic mass is 10.1. The van der Waals surface area contributed by atoms with Crippen LogP contribution in [0.4, 0.5) is 14.5 Å². The fourth-order valence-corrected chi connectivity index (χ4v) is 2.86. The van der Waals surface area contributed by atoms with Gasteiger partial charge in [0, 0.05) is 11.6 Å². The minimum absolute atomic E-state index is 0.135. The lowest BCUT2D eigenvalue weighted by Crippen LogP contribution is -2.15. The van der Waals surface area contributed by atoms with E-state index in [4.69, 9.17) is 9.47 Å². The Kier molecular flexibility index (Phi) is 7.33. The Morgan fingerprint density at radius 3 is 2.43 bits per heavy atom. The van der Waals surface area contributed by atoms with Crippen molar-refractivity contribution in [2.45, 2.75) is 13.3 Å². The number of amides is 1. The van der Waals surface area contributed by atoms with Crippen LogP contribution in [0.2, 0.25) is 0 Å². The summed E-state index contributed by atoms with van der Waals surface area (Å²) in [5.74, 6) is -3.07. The highest BCUT2D eigenvalue weighted by Gasteiger charge is 2.20. The Morgan fingerprint density at radius 1 is 1.11 bits per heavy atom. The molecule has 0 atom stereocenters. The van der Waals surface area contributed by atoms with Gasteiger partial charge in [-0.3, -0.25) is 4.79 Å². The average molecular weight is 458 g/mol. The molecule has 2 aromatic carbocycles. The van der Waals surface area contributed by atoms with Gasteiger partial charge in [-0.05, 0) is 40.5 Å². The van der Waals surface area contributed by atoms with Crippen molar-refractivity contribution in [3.05, 3.63) is 51.5 Å². The van der Waals surface area contributed by atoms with Gasteiger partial charge >= 0.3 is 5.97 Å². The number of halogens is 3. The third-order valence-corrected chi connectivity index (χ3v) is 4.24. The molecule has 1 amide bonds. The summed E-state index contributed by atoms with van der Waals surface area (Å²) in [5.41, 5.74) is -0.731. The van der Waals surface area contributed by atoms with Gasteiger partial charge in [-0.15, -0.1) is 0 Å². The molecule has 9 heteroatoms. The summed E-state index contributed by atoms with van der Waals surface area (Å²) in [4.78, 5) is 24.1. The summed E-state index contributed by atoms with van der Waals surface area (Å²) in [5, 5.41) is 2.31. The molecule has 0 unspecified atom stereocenters. The van der Waals surface area contributed by atoms with Gasteiger partial charge in [-0.1, -0.05) is 6.92 Å². The van der Waals surface area contributed by atoms with Gasteiger partial charge in [0.2, 0.25) is 0 Å². The summed E-state index contributed by atoms with van der Waals surface area (Å²) >= 11 is 3.32. The molecular formula is C19H18BrF2NO5. The normalized spacial score (nSPS) is 10.4. The number of rotatable bonds is 7. The predicted molar refractivity (Wildman–Crippen MR) is 102 cm³/mol. The van der Waals surface area contributed by atoms with Crippen molar-refractivity contribution < 1.29 is 32.6 Å². The lowest BCUT2D eigenvalue weighted by molar-refractivity contribution is 0.0595. The second kappa shape index (κ2) is 9.50. The second-order valence-electron chi connectivity index (χ2n) is 5.60. The molecule has 0 bridgehead atoms. The van der Waals surface area contributed by atoms with Crippen molar-refractivity contribution in [2.75, 3.05) is 26.1 Å². The first-order valence-corrected chi connectivity index (χ1v) is 9.00. The first-order valence-electron chi connectivity index (χ1n) is 8.21. The van der Waals surface area contributed by atoms with Crippen molar-refractivity contribution in [1.82, 2.24) is 0 Å². The van der Waals surface area contributed by atoms with Crippen LogP contribution in [0.15, 0.2) is 28.7 Å². The van der Waals surface area contributed by atoms with E-state index in [1.54, 1.807) is 0 Å². The van der Waals surface area contributed by atoms with Crippen LogP contribution in [0.1, 0.15) is 34.1 Å². The predicted octanol–water partition coefficient (Wildman–Crippen LogP) is 4.56. The van der Waals surface area contributed by atoms with Crippen LogP contribution in [-0.2, 0) is 4.74 Å². The summed E-state index contributed by atoms with van der Waals surface area (Å²) < 4.78 is 43.5. The number of nitrogens with one attached hydrogen (secondary N) is 1. The highest BCUT2D eigenvalue weighted by Crippen LogP contribution is 2.37. The Bertz CT molecular complexity index is 904. The van der Waals surface area contributed by atoms with Gasteiger partial charge < -0.3 is 19.5 Å². The third-order valence-electron chi connectivity index (χ3n) is 3.65. The maximum atomic E-state index is 14.0. The summed E-state index contributed by atoms with van der Waals surface area (Å²) in [7, 11) is 2.49. The molecule has 0 aliphatic heterocycles. The smallest absolute Gasteiger partial charge is 0.340 e. The fourth-order valence-electron chi connectivity index (χ4n) is 2.30. The molecule has 0 saturated heterocycles. The molecule has 0 aromatic heterocycles. The lowest BCUT2D eigenvalue weighted by Gasteiger charge is -2.14. The van der Waals surface area contributed by atoms with E-state index in [1.165, 1.54) is 19.2 Å². The summed E-state index contributed by atoms with van der Waals surface area (Å²) in [6, 6.07) is 4.28. The third kappa shape index (κ3) is 4.78. The van der Waals surface area contributed by atoms with Crippen molar-refractivity contribution in [3.63, 3.8) is 0 Å². The van der Waals surface area contributed by atoms with Crippen LogP contribution in [0, 0.1) is 11.6 Å². The maximum absolute atomic E-state index is 14.0. The Morgan fingerprint density at radius 2 is 1.82 bits per heavy atom. The van der Waals surface area contributed by atoms with Crippen LogP contribution in [0.5, 0.6) is 11.5 Å². The fraction of sp³-hybridized carbons (Fsp3) is 0.263. The summed E-state index contributed by atoms with van der Waals surface area (Å²) in [6.07, 6.45) is 0.782. The van der Waals surface area contributed by atoms with Gasteiger partial charge in [-0.2, -0.15) is 0 Å². The molecule has 0 heterocycles. The average Bonchev–Trinajstić information content (AvgIpc) is 2.67. The van der Waals surface area contributed by atoms with Crippen LogP contribution in [0.3, 0.4) is 0 Å². The molecule has 0 aliphatic carbocycles. The van der Waals surface area contributed by atoms with E-state index in [2.05, 4.69) is 26.0 Å². The molecule has 28 heavy (non-hydrogen) atoms. The molecule has 0 aliphatic rings. The van der Waals surface area contributed by atoms with Crippen molar-refractivity contribution in [3.8, 4) is 11.5 Å². The largest absolute Gasteiger partial charge is 0.493 e. The number of hydrogen-bond acceptors (Lipinski definition) is 5. The van der Waals surface area contributed by atoms with Crippen molar-refractivity contribution >= 4 is 33.5 Å². The Hall–Kier alpha value is -2.68. The van der Waals surface area contributed by atoms with Gasteiger partial charge in [0.25, 0.3) is 5.91 Å². The molecule has 2 aromatic rings. The Labute approximate surface area is 168 Å². The van der Waals surface area contributed by atoms with E-state index < -0.39 is 29.1 Å². The number of methoxy groups -OCH3 is 2. The van der Waals surface area contributed by atoms with Crippen molar-refractivity contribution in [1.29, 1.82) is 0 Å². The van der Waals surface area contributed by atoms with Crippen molar-refractivity contribution in [2.24, 2.45) is 0 Å². The number of carbonyl (C=O) groups is 2. The molecule has 0 fully saturated rings. The quantitative estimate of drug-likeness (QED) is 0.616. The van der Waals surface area contributed by atoms with E-state index in [0.717, 1.165) is 19.6 Å². The first kappa shape index (κ1) is 21.6. The first-order chi connectivity index (χ1) is 13.3. The minimum Gasteiger partial charge on any atom is -0.493 e. The van der Waals surface area contributed by atoms with Gasteiger partial charge in [0.05, 0.1) is 36.6 Å². The number of hydrogen-bond donors (Lipinski definition) is 1. The van der Waals surface area contributed by atoms with E-state index >= 15 is 0 Å². The minimum atomic E-state index is -1.09. The van der Waals surface area contributed by atoms with Gasteiger partial charge in [0.15, 0.2) is 11.5 Å². The zero-order valence-corrected chi connectivity index (χ0v) is 17.0. The zero-order valence-electron chi connectivity index (χ0n) is 15.4. The topological polar surface area (TPSA) is 73.9 Å². The maximum Gasteiger partial charge on any atom is 0.340 e. The molecule has 0 spiro atoms. The standard InChI is InChI=1S/C19H18BrF2NO5/c1-4-5-28-17-12(20)6-10(7-16(17)26-2)18(24)23-15-8-11(19(25)27-3)13(21)9-14(15)22/h6-9H,4-5H2,1-3H3,(H,23,24). The van der Waals surface area contributed by atoms with Crippen LogP contribution >= 0.6 is 15.9 Å². The number of carbonyl (C=O) groups excluding carboxylic acids is 2. The number of anilines is 1. The van der Waals surface area contributed by atoms with Crippen LogP contribution in [0.25, 0.3) is 0 Å². The van der Waals surface area contributed by atoms with E-state index in [-0.39, 0.29) is 11.3 Å². The summed E-state index contributed by atoms with van der Waals surface area (Å²) in [6.45, 7) is 2.40. The number of ether oxygens (including phenoxy) is 3. The Balaban J connectivity index is 2.35.